The second-order valence-corrected chi connectivity index (χ2v) is 4.03. The molecule has 2 aromatic rings. The lowest BCUT2D eigenvalue weighted by Gasteiger charge is -2.19. The summed E-state index contributed by atoms with van der Waals surface area (Å²) in [5, 5.41) is 7.06. The smallest absolute Gasteiger partial charge is 0.257 e. The fourth-order valence-corrected chi connectivity index (χ4v) is 1.81. The summed E-state index contributed by atoms with van der Waals surface area (Å²) in [5.41, 5.74) is 0.718. The Hall–Kier alpha value is -1.79. The van der Waals surface area contributed by atoms with Gasteiger partial charge in [-0.1, -0.05) is 5.16 Å². The molecule has 1 aliphatic rings. The number of rotatable bonds is 2. The lowest BCUT2D eigenvalue weighted by atomic mass is 10.2. The van der Waals surface area contributed by atoms with Crippen molar-refractivity contribution >= 4 is 0 Å². The quantitative estimate of drug-likeness (QED) is 0.874. The molecule has 1 aromatic heterocycles. The second kappa shape index (κ2) is 4.83. The number of hydrogen-bond acceptors (Lipinski definition) is 5. The van der Waals surface area contributed by atoms with Gasteiger partial charge >= 0.3 is 0 Å². The van der Waals surface area contributed by atoms with Gasteiger partial charge in [-0.3, -0.25) is 0 Å². The van der Waals surface area contributed by atoms with Crippen molar-refractivity contribution in [3.05, 3.63) is 36.0 Å². The highest BCUT2D eigenvalue weighted by atomic mass is 19.1. The average molecular weight is 249 g/mol. The molecular formula is C12H12FN3O2. The molecule has 1 N–H and O–H groups in total. The van der Waals surface area contributed by atoms with Crippen LogP contribution in [0.1, 0.15) is 12.0 Å². The zero-order valence-corrected chi connectivity index (χ0v) is 9.60. The molecule has 18 heavy (non-hydrogen) atoms. The minimum atomic E-state index is -0.290. The highest BCUT2D eigenvalue weighted by Crippen LogP contribution is 2.21. The van der Waals surface area contributed by atoms with Crippen LogP contribution in [-0.2, 0) is 4.74 Å². The fraction of sp³-hybridized carbons (Fsp3) is 0.333. The molecule has 1 atom stereocenters. The maximum atomic E-state index is 12.8. The van der Waals surface area contributed by atoms with E-state index in [2.05, 4.69) is 15.5 Å². The number of nitrogens with zero attached hydrogens (tertiary/aromatic N) is 2. The lowest BCUT2D eigenvalue weighted by Crippen LogP contribution is -2.33. The topological polar surface area (TPSA) is 60.2 Å². The normalized spacial score (nSPS) is 19.9. The first-order chi connectivity index (χ1) is 8.83. The van der Waals surface area contributed by atoms with Crippen molar-refractivity contribution in [3.63, 3.8) is 0 Å². The first-order valence-corrected chi connectivity index (χ1v) is 5.75. The van der Waals surface area contributed by atoms with Crippen LogP contribution >= 0.6 is 0 Å². The van der Waals surface area contributed by atoms with Gasteiger partial charge < -0.3 is 14.6 Å². The summed E-state index contributed by atoms with van der Waals surface area (Å²) in [6, 6.07) is 5.96. The predicted octanol–water partition coefficient (Wildman–Crippen LogP) is 1.54. The van der Waals surface area contributed by atoms with E-state index >= 15 is 0 Å². The highest BCUT2D eigenvalue weighted by molar-refractivity contribution is 5.53. The molecule has 5 nitrogen and oxygen atoms in total. The number of aromatic nitrogens is 2. The number of hydrogen-bond donors (Lipinski definition) is 1. The number of halogens is 1. The van der Waals surface area contributed by atoms with Crippen molar-refractivity contribution in [1.82, 2.24) is 15.5 Å². The average Bonchev–Trinajstić information content (AvgIpc) is 2.90. The van der Waals surface area contributed by atoms with Crippen LogP contribution in [0.2, 0.25) is 0 Å². The van der Waals surface area contributed by atoms with Crippen molar-refractivity contribution in [3.8, 4) is 11.4 Å². The molecule has 0 radical (unpaired) electrons. The van der Waals surface area contributed by atoms with Crippen molar-refractivity contribution in [2.45, 2.75) is 6.10 Å². The predicted molar refractivity (Wildman–Crippen MR) is 61.3 cm³/mol. The first-order valence-electron chi connectivity index (χ1n) is 5.75. The molecule has 1 aliphatic heterocycles. The van der Waals surface area contributed by atoms with E-state index in [4.69, 9.17) is 9.26 Å². The second-order valence-electron chi connectivity index (χ2n) is 4.03. The lowest BCUT2D eigenvalue weighted by molar-refractivity contribution is 0.00755. The molecule has 1 fully saturated rings. The van der Waals surface area contributed by atoms with Gasteiger partial charge in [-0.25, -0.2) is 4.39 Å². The van der Waals surface area contributed by atoms with Crippen molar-refractivity contribution in [1.29, 1.82) is 0 Å². The Balaban J connectivity index is 1.82. The summed E-state index contributed by atoms with van der Waals surface area (Å²) in [6.45, 7) is 2.11. The van der Waals surface area contributed by atoms with Crippen LogP contribution in [-0.4, -0.2) is 29.8 Å². The molecule has 0 saturated carbocycles. The van der Waals surface area contributed by atoms with Gasteiger partial charge in [-0.2, -0.15) is 4.98 Å². The van der Waals surface area contributed by atoms with Gasteiger partial charge in [0.1, 0.15) is 11.9 Å². The van der Waals surface area contributed by atoms with E-state index < -0.39 is 0 Å². The van der Waals surface area contributed by atoms with E-state index in [-0.39, 0.29) is 11.9 Å². The summed E-state index contributed by atoms with van der Waals surface area (Å²) in [4.78, 5) is 4.27. The van der Waals surface area contributed by atoms with Crippen LogP contribution in [0, 0.1) is 5.82 Å². The van der Waals surface area contributed by atoms with E-state index in [0.717, 1.165) is 12.1 Å². The molecule has 1 saturated heterocycles. The van der Waals surface area contributed by atoms with E-state index in [1.165, 1.54) is 12.1 Å². The van der Waals surface area contributed by atoms with Crippen LogP contribution in [0.4, 0.5) is 4.39 Å². The maximum Gasteiger partial charge on any atom is 0.257 e. The number of ether oxygens (including phenoxy) is 1. The van der Waals surface area contributed by atoms with E-state index in [0.29, 0.717) is 24.9 Å². The maximum absolute atomic E-state index is 12.8. The molecule has 0 bridgehead atoms. The molecule has 3 rings (SSSR count). The third-order valence-electron chi connectivity index (χ3n) is 2.75. The van der Waals surface area contributed by atoms with Crippen LogP contribution in [0.3, 0.4) is 0 Å². The number of benzene rings is 1. The van der Waals surface area contributed by atoms with Crippen LogP contribution in [0.25, 0.3) is 11.4 Å². The van der Waals surface area contributed by atoms with Gasteiger partial charge in [0.05, 0.1) is 6.61 Å². The van der Waals surface area contributed by atoms with Gasteiger partial charge in [0.2, 0.25) is 5.82 Å². The third kappa shape index (κ3) is 2.25. The minimum absolute atomic E-state index is 0.208. The van der Waals surface area contributed by atoms with Crippen molar-refractivity contribution in [2.75, 3.05) is 19.7 Å². The molecule has 6 heteroatoms. The summed E-state index contributed by atoms with van der Waals surface area (Å²) in [7, 11) is 0. The molecule has 0 aliphatic carbocycles. The van der Waals surface area contributed by atoms with Gasteiger partial charge in [0, 0.05) is 18.7 Å². The Morgan fingerprint density at radius 2 is 2.11 bits per heavy atom. The zero-order chi connectivity index (χ0) is 12.4. The largest absolute Gasteiger partial charge is 0.366 e. The summed E-state index contributed by atoms with van der Waals surface area (Å²) >= 11 is 0. The first kappa shape index (κ1) is 11.3. The Morgan fingerprint density at radius 3 is 2.83 bits per heavy atom. The van der Waals surface area contributed by atoms with Gasteiger partial charge in [-0.05, 0) is 24.3 Å². The molecule has 94 valence electrons. The summed E-state index contributed by atoms with van der Waals surface area (Å²) in [6.07, 6.45) is -0.208. The monoisotopic (exact) mass is 249 g/mol. The SMILES string of the molecule is Fc1ccc(-c2noc(C3CNCCO3)n2)cc1. The molecule has 1 aromatic carbocycles. The summed E-state index contributed by atoms with van der Waals surface area (Å²) in [5.74, 6) is 0.600. The van der Waals surface area contributed by atoms with Gasteiger partial charge in [0.25, 0.3) is 5.89 Å². The molecule has 0 amide bonds. The highest BCUT2D eigenvalue weighted by Gasteiger charge is 2.22. The van der Waals surface area contributed by atoms with Gasteiger partial charge in [-0.15, -0.1) is 0 Å². The standard InChI is InChI=1S/C12H12FN3O2/c13-9-3-1-8(2-4-9)11-15-12(18-16-11)10-7-14-5-6-17-10/h1-4,10,14H,5-7H2. The molecule has 0 spiro atoms. The Morgan fingerprint density at radius 1 is 1.28 bits per heavy atom. The third-order valence-corrected chi connectivity index (χ3v) is 2.75. The molecule has 1 unspecified atom stereocenters. The van der Waals surface area contributed by atoms with Gasteiger partial charge in [0.15, 0.2) is 0 Å². The van der Waals surface area contributed by atoms with Crippen LogP contribution in [0.15, 0.2) is 28.8 Å². The number of morpholine rings is 1. The molecule has 2 heterocycles. The Bertz CT molecular complexity index is 520. The Labute approximate surface area is 103 Å². The van der Waals surface area contributed by atoms with E-state index in [9.17, 15) is 4.39 Å². The van der Waals surface area contributed by atoms with Crippen molar-refractivity contribution in [2.24, 2.45) is 0 Å². The zero-order valence-electron chi connectivity index (χ0n) is 9.60. The van der Waals surface area contributed by atoms with Crippen molar-refractivity contribution < 1.29 is 13.7 Å². The Kier molecular flexibility index (Phi) is 3.04. The fourth-order valence-electron chi connectivity index (χ4n) is 1.81. The van der Waals surface area contributed by atoms with E-state index in [1.807, 2.05) is 0 Å². The number of nitrogens with one attached hydrogen (secondary N) is 1. The minimum Gasteiger partial charge on any atom is -0.366 e. The molecular weight excluding hydrogens is 237 g/mol. The van der Waals surface area contributed by atoms with Crippen LogP contribution < -0.4 is 5.32 Å². The van der Waals surface area contributed by atoms with Crippen LogP contribution in [0.5, 0.6) is 0 Å². The summed E-state index contributed by atoms with van der Waals surface area (Å²) < 4.78 is 23.5. The van der Waals surface area contributed by atoms with E-state index in [1.54, 1.807) is 12.1 Å².